The molecule has 0 saturated carbocycles. The predicted molar refractivity (Wildman–Crippen MR) is 74.0 cm³/mol. The number of rotatable bonds is 6. The van der Waals surface area contributed by atoms with Crippen LogP contribution in [0.3, 0.4) is 0 Å². The number of nitrogens with one attached hydrogen (secondary N) is 2. The second-order valence-corrected chi connectivity index (χ2v) is 6.02. The molecule has 0 aliphatic rings. The zero-order chi connectivity index (χ0) is 13.8. The first-order valence-corrected chi connectivity index (χ1v) is 7.20. The molecule has 0 aliphatic heterocycles. The van der Waals surface area contributed by atoms with Gasteiger partial charge in [-0.1, -0.05) is 12.2 Å². The van der Waals surface area contributed by atoms with Crippen LogP contribution in [0.5, 0.6) is 0 Å². The first-order valence-electron chi connectivity index (χ1n) is 5.14. The van der Waals surface area contributed by atoms with E-state index in [9.17, 15) is 8.42 Å². The highest BCUT2D eigenvalue weighted by atomic mass is 32.2. The summed E-state index contributed by atoms with van der Waals surface area (Å²) in [6.07, 6.45) is 0. The van der Waals surface area contributed by atoms with Crippen LogP contribution in [-0.2, 0) is 10.0 Å². The van der Waals surface area contributed by atoms with Gasteiger partial charge in [-0.3, -0.25) is 0 Å². The summed E-state index contributed by atoms with van der Waals surface area (Å²) in [4.78, 5) is 8.36. The third kappa shape index (κ3) is 4.51. The van der Waals surface area contributed by atoms with Crippen molar-refractivity contribution in [2.75, 3.05) is 24.7 Å². The molecule has 0 unspecified atom stereocenters. The summed E-state index contributed by atoms with van der Waals surface area (Å²) in [5.41, 5.74) is 6.63. The fraction of sp³-hybridized carbons (Fsp3) is 0.444. The zero-order valence-corrected chi connectivity index (χ0v) is 11.7. The van der Waals surface area contributed by atoms with E-state index in [1.54, 1.807) is 13.0 Å². The molecule has 0 aliphatic carbocycles. The third-order valence-electron chi connectivity index (χ3n) is 2.07. The Kier molecular flexibility index (Phi) is 4.93. The summed E-state index contributed by atoms with van der Waals surface area (Å²) in [7, 11) is -1.88. The molecule has 1 aromatic heterocycles. The molecule has 0 spiro atoms. The van der Waals surface area contributed by atoms with Gasteiger partial charge >= 0.3 is 0 Å². The van der Waals surface area contributed by atoms with Crippen molar-refractivity contribution in [3.8, 4) is 0 Å². The van der Waals surface area contributed by atoms with Crippen LogP contribution in [-0.4, -0.2) is 42.7 Å². The fourth-order valence-corrected chi connectivity index (χ4v) is 1.85. The topological polar surface area (TPSA) is 110 Å². The van der Waals surface area contributed by atoms with Crippen molar-refractivity contribution < 1.29 is 8.42 Å². The van der Waals surface area contributed by atoms with E-state index in [2.05, 4.69) is 20.0 Å². The summed E-state index contributed by atoms with van der Waals surface area (Å²) in [5, 5.41) is 2.81. The molecule has 0 radical (unpaired) electrons. The van der Waals surface area contributed by atoms with Gasteiger partial charge in [0.15, 0.2) is 0 Å². The van der Waals surface area contributed by atoms with Crippen molar-refractivity contribution in [1.29, 1.82) is 0 Å². The van der Waals surface area contributed by atoms with Crippen LogP contribution in [0.2, 0.25) is 0 Å². The Labute approximate surface area is 111 Å². The molecule has 0 amide bonds. The molecule has 4 N–H and O–H groups in total. The average molecular weight is 289 g/mol. The maximum Gasteiger partial charge on any atom is 0.223 e. The third-order valence-corrected chi connectivity index (χ3v) is 3.64. The average Bonchev–Trinajstić information content (AvgIpc) is 2.28. The molecule has 0 saturated heterocycles. The highest BCUT2D eigenvalue weighted by Crippen LogP contribution is 2.04. The Morgan fingerprint density at radius 2 is 2.17 bits per heavy atom. The van der Waals surface area contributed by atoms with Gasteiger partial charge in [0.05, 0.1) is 5.75 Å². The normalized spacial score (nSPS) is 11.2. The van der Waals surface area contributed by atoms with Crippen molar-refractivity contribution in [3.63, 3.8) is 0 Å². The van der Waals surface area contributed by atoms with Crippen LogP contribution in [0, 0.1) is 6.92 Å². The molecule has 0 bridgehead atoms. The van der Waals surface area contributed by atoms with E-state index in [0.717, 1.165) is 0 Å². The van der Waals surface area contributed by atoms with Gasteiger partial charge in [0.25, 0.3) is 0 Å². The molecule has 0 aromatic carbocycles. The summed E-state index contributed by atoms with van der Waals surface area (Å²) in [6, 6.07) is 1.66. The molecule has 18 heavy (non-hydrogen) atoms. The molecular weight excluding hydrogens is 274 g/mol. The van der Waals surface area contributed by atoms with E-state index in [1.807, 2.05) is 0 Å². The largest absolute Gasteiger partial charge is 0.388 e. The number of hydrogen-bond acceptors (Lipinski definition) is 6. The lowest BCUT2D eigenvalue weighted by Gasteiger charge is -2.07. The van der Waals surface area contributed by atoms with E-state index in [4.69, 9.17) is 18.0 Å². The van der Waals surface area contributed by atoms with Gasteiger partial charge in [-0.05, 0) is 20.0 Å². The Morgan fingerprint density at radius 1 is 1.50 bits per heavy atom. The van der Waals surface area contributed by atoms with Crippen LogP contribution in [0.4, 0.5) is 5.95 Å². The first kappa shape index (κ1) is 14.7. The van der Waals surface area contributed by atoms with Gasteiger partial charge in [0, 0.05) is 12.2 Å². The number of hydrogen-bond donors (Lipinski definition) is 3. The molecule has 0 fully saturated rings. The van der Waals surface area contributed by atoms with E-state index >= 15 is 0 Å². The van der Waals surface area contributed by atoms with E-state index in [-0.39, 0.29) is 17.3 Å². The van der Waals surface area contributed by atoms with Gasteiger partial charge < -0.3 is 11.1 Å². The molecule has 1 rings (SSSR count). The quantitative estimate of drug-likeness (QED) is 0.599. The van der Waals surface area contributed by atoms with Crippen molar-refractivity contribution >= 4 is 33.2 Å². The van der Waals surface area contributed by atoms with Crippen LogP contribution < -0.4 is 15.8 Å². The van der Waals surface area contributed by atoms with E-state index in [1.165, 1.54) is 7.05 Å². The minimum absolute atomic E-state index is 0.0663. The summed E-state index contributed by atoms with van der Waals surface area (Å²) in [6.45, 7) is 1.97. The van der Waals surface area contributed by atoms with E-state index < -0.39 is 10.0 Å². The maximum absolute atomic E-state index is 11.2. The van der Waals surface area contributed by atoms with Crippen molar-refractivity contribution in [2.45, 2.75) is 6.92 Å². The standard InChI is InChI=1S/C9H15N5O2S2/c1-6-5-7(8(10)17)14-9(13-6)12-3-4-18(15,16)11-2/h5,11H,3-4H2,1-2H3,(H2,10,17)(H,12,13,14). The lowest BCUT2D eigenvalue weighted by atomic mass is 10.3. The number of nitrogens with zero attached hydrogens (tertiary/aromatic N) is 2. The van der Waals surface area contributed by atoms with Gasteiger partial charge in [-0.25, -0.2) is 23.1 Å². The molecule has 100 valence electrons. The van der Waals surface area contributed by atoms with Gasteiger partial charge in [-0.2, -0.15) is 0 Å². The lowest BCUT2D eigenvalue weighted by molar-refractivity contribution is 0.588. The molecule has 9 heteroatoms. The van der Waals surface area contributed by atoms with Crippen molar-refractivity contribution in [1.82, 2.24) is 14.7 Å². The highest BCUT2D eigenvalue weighted by Gasteiger charge is 2.08. The predicted octanol–water partition coefficient (Wildman–Crippen LogP) is -0.620. The Balaban J connectivity index is 2.71. The molecular formula is C9H15N5O2S2. The number of sulfonamides is 1. The van der Waals surface area contributed by atoms with Gasteiger partial charge in [-0.15, -0.1) is 0 Å². The highest BCUT2D eigenvalue weighted by molar-refractivity contribution is 7.89. The van der Waals surface area contributed by atoms with Gasteiger partial charge in [0.1, 0.15) is 10.7 Å². The summed E-state index contributed by atoms with van der Waals surface area (Å²) >= 11 is 4.83. The second kappa shape index (κ2) is 6.03. The monoisotopic (exact) mass is 289 g/mol. The smallest absolute Gasteiger partial charge is 0.223 e. The number of thiocarbonyl (C=S) groups is 1. The lowest BCUT2D eigenvalue weighted by Crippen LogP contribution is -2.26. The van der Waals surface area contributed by atoms with Crippen LogP contribution >= 0.6 is 12.2 Å². The molecule has 1 heterocycles. The fourth-order valence-electron chi connectivity index (χ4n) is 1.17. The van der Waals surface area contributed by atoms with Crippen molar-refractivity contribution in [2.24, 2.45) is 5.73 Å². The Bertz CT molecular complexity index is 544. The zero-order valence-electron chi connectivity index (χ0n) is 10.1. The second-order valence-electron chi connectivity index (χ2n) is 3.53. The summed E-state index contributed by atoms with van der Waals surface area (Å²) < 4.78 is 24.6. The van der Waals surface area contributed by atoms with Crippen LogP contribution in [0.1, 0.15) is 11.4 Å². The minimum Gasteiger partial charge on any atom is -0.388 e. The summed E-state index contributed by atoms with van der Waals surface area (Å²) in [5.74, 6) is 0.243. The number of nitrogens with two attached hydrogens (primary N) is 1. The van der Waals surface area contributed by atoms with E-state index in [0.29, 0.717) is 17.3 Å². The SMILES string of the molecule is CNS(=O)(=O)CCNc1nc(C)cc(C(N)=S)n1. The Morgan fingerprint density at radius 3 is 2.72 bits per heavy atom. The maximum atomic E-state index is 11.2. The van der Waals surface area contributed by atoms with Crippen LogP contribution in [0.15, 0.2) is 6.07 Å². The number of aryl methyl sites for hydroxylation is 1. The number of aromatic nitrogens is 2. The number of anilines is 1. The molecule has 1 aromatic rings. The van der Waals surface area contributed by atoms with Crippen molar-refractivity contribution in [3.05, 3.63) is 17.5 Å². The van der Waals surface area contributed by atoms with Gasteiger partial charge in [0.2, 0.25) is 16.0 Å². The first-order chi connectivity index (χ1) is 8.34. The Hall–Kier alpha value is -1.32. The minimum atomic E-state index is -3.24. The molecule has 7 nitrogen and oxygen atoms in total. The molecule has 0 atom stereocenters. The van der Waals surface area contributed by atoms with Crippen LogP contribution in [0.25, 0.3) is 0 Å².